The van der Waals surface area contributed by atoms with E-state index in [1.54, 1.807) is 31.7 Å². The summed E-state index contributed by atoms with van der Waals surface area (Å²) in [5, 5.41) is 10.1. The van der Waals surface area contributed by atoms with Gasteiger partial charge in [-0.05, 0) is 26.8 Å². The molecule has 0 saturated heterocycles. The first-order valence-electron chi connectivity index (χ1n) is 5.56. The molecule has 0 amide bonds. The van der Waals surface area contributed by atoms with Crippen molar-refractivity contribution in [3.05, 3.63) is 30.1 Å². The highest BCUT2D eigenvalue weighted by atomic mass is 16.3. The average molecular weight is 232 g/mol. The van der Waals surface area contributed by atoms with Crippen LogP contribution in [0.3, 0.4) is 0 Å². The minimum atomic E-state index is -0.950. The monoisotopic (exact) mass is 232 g/mol. The van der Waals surface area contributed by atoms with Crippen LogP contribution in [0, 0.1) is 0 Å². The first-order valence-corrected chi connectivity index (χ1v) is 5.56. The van der Waals surface area contributed by atoms with E-state index in [-0.39, 0.29) is 12.3 Å². The number of nitrogens with zero attached hydrogens (tertiary/aromatic N) is 2. The molecule has 1 N–H and O–H groups in total. The van der Waals surface area contributed by atoms with Crippen LogP contribution in [0.5, 0.6) is 0 Å². The number of carbonyl (C=O) groups excluding carboxylic acids is 1. The van der Waals surface area contributed by atoms with Gasteiger partial charge in [-0.15, -0.1) is 0 Å². The molecule has 0 spiro atoms. The van der Waals surface area contributed by atoms with Gasteiger partial charge >= 0.3 is 0 Å². The van der Waals surface area contributed by atoms with E-state index in [9.17, 15) is 9.90 Å². The summed E-state index contributed by atoms with van der Waals surface area (Å²) in [4.78, 5) is 15.5. The molecule has 0 radical (unpaired) electrons. The molecule has 2 aromatic rings. The van der Waals surface area contributed by atoms with Gasteiger partial charge in [-0.1, -0.05) is 12.1 Å². The highest BCUT2D eigenvalue weighted by Crippen LogP contribution is 2.27. The fourth-order valence-electron chi connectivity index (χ4n) is 1.98. The van der Waals surface area contributed by atoms with Crippen LogP contribution in [0.25, 0.3) is 11.0 Å². The number of hydrogen-bond donors (Lipinski definition) is 1. The SMILES string of the molecule is CC(=O)Cn1cnc2cccc(C(C)(C)O)c21. The fraction of sp³-hybridized carbons (Fsp3) is 0.385. The van der Waals surface area contributed by atoms with Crippen molar-refractivity contribution < 1.29 is 9.90 Å². The second-order valence-corrected chi connectivity index (χ2v) is 4.81. The lowest BCUT2D eigenvalue weighted by atomic mass is 9.97. The maximum Gasteiger partial charge on any atom is 0.149 e. The third-order valence-electron chi connectivity index (χ3n) is 2.69. The normalized spacial score (nSPS) is 12.0. The summed E-state index contributed by atoms with van der Waals surface area (Å²) in [6, 6.07) is 5.60. The first-order chi connectivity index (χ1) is 7.89. The molecular formula is C13H16N2O2. The highest BCUT2D eigenvalue weighted by molar-refractivity contribution is 5.83. The van der Waals surface area contributed by atoms with E-state index in [2.05, 4.69) is 4.98 Å². The van der Waals surface area contributed by atoms with E-state index >= 15 is 0 Å². The fourth-order valence-corrected chi connectivity index (χ4v) is 1.98. The van der Waals surface area contributed by atoms with Gasteiger partial charge in [0.25, 0.3) is 0 Å². The van der Waals surface area contributed by atoms with Crippen molar-refractivity contribution in [2.24, 2.45) is 0 Å². The quantitative estimate of drug-likeness (QED) is 0.878. The molecule has 17 heavy (non-hydrogen) atoms. The van der Waals surface area contributed by atoms with Gasteiger partial charge in [-0.25, -0.2) is 4.98 Å². The molecule has 0 saturated carbocycles. The predicted octanol–water partition coefficient (Wildman–Crippen LogP) is 1.85. The summed E-state index contributed by atoms with van der Waals surface area (Å²) >= 11 is 0. The summed E-state index contributed by atoms with van der Waals surface area (Å²) < 4.78 is 1.78. The average Bonchev–Trinajstić information content (AvgIpc) is 2.59. The zero-order chi connectivity index (χ0) is 12.6. The molecule has 4 nitrogen and oxygen atoms in total. The summed E-state index contributed by atoms with van der Waals surface area (Å²) in [5.41, 5.74) is 1.46. The van der Waals surface area contributed by atoms with Crippen molar-refractivity contribution >= 4 is 16.8 Å². The van der Waals surface area contributed by atoms with Crippen molar-refractivity contribution in [2.45, 2.75) is 32.9 Å². The number of fused-ring (bicyclic) bond motifs is 1. The molecule has 2 rings (SSSR count). The van der Waals surface area contributed by atoms with Crippen molar-refractivity contribution in [1.29, 1.82) is 0 Å². The molecular weight excluding hydrogens is 216 g/mol. The van der Waals surface area contributed by atoms with Crippen molar-refractivity contribution in [3.8, 4) is 0 Å². The number of aliphatic hydroxyl groups is 1. The molecule has 0 bridgehead atoms. The maximum absolute atomic E-state index is 11.2. The Labute approximate surface area is 99.9 Å². The van der Waals surface area contributed by atoms with Crippen LogP contribution in [0.15, 0.2) is 24.5 Å². The Morgan fingerprint density at radius 2 is 2.18 bits per heavy atom. The number of rotatable bonds is 3. The number of ketones is 1. The van der Waals surface area contributed by atoms with Crippen LogP contribution >= 0.6 is 0 Å². The topological polar surface area (TPSA) is 55.1 Å². The lowest BCUT2D eigenvalue weighted by molar-refractivity contribution is -0.117. The Morgan fingerprint density at radius 3 is 2.76 bits per heavy atom. The standard InChI is InChI=1S/C13H16N2O2/c1-9(16)7-15-8-14-11-6-4-5-10(12(11)15)13(2,3)17/h4-6,8,17H,7H2,1-3H3. The van der Waals surface area contributed by atoms with Crippen LogP contribution in [-0.2, 0) is 16.9 Å². The molecule has 1 aromatic carbocycles. The molecule has 0 atom stereocenters. The Kier molecular flexibility index (Phi) is 2.75. The van der Waals surface area contributed by atoms with Gasteiger partial charge in [0.1, 0.15) is 5.78 Å². The van der Waals surface area contributed by atoms with Crippen LogP contribution in [0.1, 0.15) is 26.3 Å². The summed E-state index contributed by atoms with van der Waals surface area (Å²) in [7, 11) is 0. The second kappa shape index (κ2) is 3.96. The number of Topliss-reactive ketones (excluding diaryl/α,β-unsaturated/α-hetero) is 1. The van der Waals surface area contributed by atoms with Crippen molar-refractivity contribution in [3.63, 3.8) is 0 Å². The number of carbonyl (C=O) groups is 1. The number of benzene rings is 1. The number of aromatic nitrogens is 2. The minimum Gasteiger partial charge on any atom is -0.386 e. The number of para-hydroxylation sites is 1. The zero-order valence-electron chi connectivity index (χ0n) is 10.3. The molecule has 0 fully saturated rings. The van der Waals surface area contributed by atoms with Gasteiger partial charge in [0, 0.05) is 5.56 Å². The van der Waals surface area contributed by atoms with Gasteiger partial charge in [0.2, 0.25) is 0 Å². The number of hydrogen-bond acceptors (Lipinski definition) is 3. The van der Waals surface area contributed by atoms with E-state index in [1.807, 2.05) is 18.2 Å². The van der Waals surface area contributed by atoms with Crippen molar-refractivity contribution in [2.75, 3.05) is 0 Å². The predicted molar refractivity (Wildman–Crippen MR) is 65.7 cm³/mol. The van der Waals surface area contributed by atoms with Crippen LogP contribution < -0.4 is 0 Å². The van der Waals surface area contributed by atoms with E-state index in [1.165, 1.54) is 0 Å². The molecule has 1 heterocycles. The van der Waals surface area contributed by atoms with Crippen LogP contribution in [-0.4, -0.2) is 20.4 Å². The molecule has 0 aliphatic carbocycles. The molecule has 0 aliphatic rings. The third kappa shape index (κ3) is 2.22. The lowest BCUT2D eigenvalue weighted by Crippen LogP contribution is -2.17. The third-order valence-corrected chi connectivity index (χ3v) is 2.69. The summed E-state index contributed by atoms with van der Waals surface area (Å²) in [5.74, 6) is 0.0647. The summed E-state index contributed by atoms with van der Waals surface area (Å²) in [6.45, 7) is 5.28. The van der Waals surface area contributed by atoms with Gasteiger partial charge in [0.15, 0.2) is 0 Å². The smallest absolute Gasteiger partial charge is 0.149 e. The number of imidazole rings is 1. The zero-order valence-corrected chi connectivity index (χ0v) is 10.3. The molecule has 0 aliphatic heterocycles. The highest BCUT2D eigenvalue weighted by Gasteiger charge is 2.21. The largest absolute Gasteiger partial charge is 0.386 e. The lowest BCUT2D eigenvalue weighted by Gasteiger charge is -2.19. The maximum atomic E-state index is 11.2. The first kappa shape index (κ1) is 11.8. The van der Waals surface area contributed by atoms with Gasteiger partial charge < -0.3 is 9.67 Å². The molecule has 90 valence electrons. The Hall–Kier alpha value is -1.68. The minimum absolute atomic E-state index is 0.0647. The van der Waals surface area contributed by atoms with E-state index < -0.39 is 5.60 Å². The van der Waals surface area contributed by atoms with Crippen LogP contribution in [0.4, 0.5) is 0 Å². The Bertz CT molecular complexity index is 564. The Morgan fingerprint density at radius 1 is 1.47 bits per heavy atom. The van der Waals surface area contributed by atoms with Gasteiger partial charge in [-0.2, -0.15) is 0 Å². The van der Waals surface area contributed by atoms with Gasteiger partial charge in [0.05, 0.1) is 29.5 Å². The van der Waals surface area contributed by atoms with Crippen molar-refractivity contribution in [1.82, 2.24) is 9.55 Å². The molecule has 0 unspecified atom stereocenters. The van der Waals surface area contributed by atoms with Crippen LogP contribution in [0.2, 0.25) is 0 Å². The molecule has 4 heteroatoms. The molecule has 1 aromatic heterocycles. The Balaban J connectivity index is 2.68. The van der Waals surface area contributed by atoms with E-state index in [4.69, 9.17) is 0 Å². The summed E-state index contributed by atoms with van der Waals surface area (Å²) in [6.07, 6.45) is 1.64. The second-order valence-electron chi connectivity index (χ2n) is 4.81. The van der Waals surface area contributed by atoms with E-state index in [0.29, 0.717) is 0 Å². The van der Waals surface area contributed by atoms with Gasteiger partial charge in [-0.3, -0.25) is 4.79 Å². The van der Waals surface area contributed by atoms with E-state index in [0.717, 1.165) is 16.6 Å².